The zero-order valence-corrected chi connectivity index (χ0v) is 13.2. The van der Waals surface area contributed by atoms with E-state index in [-0.39, 0.29) is 0 Å². The number of hydrogen-bond donors (Lipinski definition) is 0. The second-order valence-corrected chi connectivity index (χ2v) is 5.95. The zero-order chi connectivity index (χ0) is 14.4. The molecule has 1 fully saturated rings. The van der Waals surface area contributed by atoms with Crippen molar-refractivity contribution in [1.82, 2.24) is 4.90 Å². The molecule has 0 saturated carbocycles. The number of benzene rings is 1. The van der Waals surface area contributed by atoms with E-state index in [2.05, 4.69) is 42.1 Å². The van der Waals surface area contributed by atoms with E-state index < -0.39 is 0 Å². The van der Waals surface area contributed by atoms with Crippen molar-refractivity contribution < 1.29 is 4.74 Å². The van der Waals surface area contributed by atoms with Gasteiger partial charge >= 0.3 is 0 Å². The molecule has 0 radical (unpaired) electrons. The average Bonchev–Trinajstić information content (AvgIpc) is 2.48. The van der Waals surface area contributed by atoms with Gasteiger partial charge in [0.15, 0.2) is 0 Å². The largest absolute Gasteiger partial charge is 0.496 e. The minimum absolute atomic E-state index is 1.05. The third kappa shape index (κ3) is 4.14. The second-order valence-electron chi connectivity index (χ2n) is 5.95. The molecule has 1 saturated heterocycles. The highest BCUT2D eigenvalue weighted by atomic mass is 16.5. The Bertz CT molecular complexity index is 411. The summed E-state index contributed by atoms with van der Waals surface area (Å²) in [6.07, 6.45) is 6.25. The Balaban J connectivity index is 2.02. The smallest absolute Gasteiger partial charge is 0.124 e. The second kappa shape index (κ2) is 7.53. The lowest BCUT2D eigenvalue weighted by Crippen LogP contribution is -2.29. The van der Waals surface area contributed by atoms with Gasteiger partial charge in [-0.2, -0.15) is 0 Å². The lowest BCUT2D eigenvalue weighted by molar-refractivity contribution is 0.391. The van der Waals surface area contributed by atoms with E-state index in [9.17, 15) is 0 Å². The van der Waals surface area contributed by atoms with Gasteiger partial charge in [-0.15, -0.1) is 0 Å². The molecule has 1 aliphatic heterocycles. The highest BCUT2D eigenvalue weighted by Gasteiger charge is 2.13. The predicted octanol–water partition coefficient (Wildman–Crippen LogP) is 3.18. The quantitative estimate of drug-likeness (QED) is 0.793. The van der Waals surface area contributed by atoms with E-state index in [0.717, 1.165) is 18.7 Å². The zero-order valence-electron chi connectivity index (χ0n) is 13.2. The number of methoxy groups -OCH3 is 1. The van der Waals surface area contributed by atoms with Gasteiger partial charge in [0.1, 0.15) is 5.75 Å². The van der Waals surface area contributed by atoms with Gasteiger partial charge in [0.05, 0.1) is 7.11 Å². The molecule has 0 atom stereocenters. The molecule has 1 heterocycles. The number of ether oxygens (including phenoxy) is 1. The number of rotatable bonds is 6. The molecular weight excluding hydrogens is 248 g/mol. The summed E-state index contributed by atoms with van der Waals surface area (Å²) in [6.45, 7) is 3.49. The fraction of sp³-hybridized carbons (Fsp3) is 0.647. The van der Waals surface area contributed by atoms with Gasteiger partial charge in [0, 0.05) is 24.8 Å². The third-order valence-electron chi connectivity index (χ3n) is 4.04. The van der Waals surface area contributed by atoms with Crippen LogP contribution in [0.5, 0.6) is 5.75 Å². The molecule has 112 valence electrons. The first kappa shape index (κ1) is 15.2. The molecule has 3 heteroatoms. The summed E-state index contributed by atoms with van der Waals surface area (Å²) in [5, 5.41) is 0. The monoisotopic (exact) mass is 276 g/mol. The Morgan fingerprint density at radius 2 is 1.90 bits per heavy atom. The Labute approximate surface area is 123 Å². The molecule has 20 heavy (non-hydrogen) atoms. The van der Waals surface area contributed by atoms with Gasteiger partial charge in [0.25, 0.3) is 0 Å². The number of hydrogen-bond acceptors (Lipinski definition) is 3. The first-order valence-corrected chi connectivity index (χ1v) is 7.77. The number of nitrogens with zero attached hydrogens (tertiary/aromatic N) is 2. The molecule has 0 aliphatic carbocycles. The summed E-state index contributed by atoms with van der Waals surface area (Å²) in [5.41, 5.74) is 2.65. The van der Waals surface area contributed by atoms with Crippen LogP contribution in [0.25, 0.3) is 0 Å². The van der Waals surface area contributed by atoms with Gasteiger partial charge in [-0.3, -0.25) is 0 Å². The average molecular weight is 276 g/mol. The first-order valence-electron chi connectivity index (χ1n) is 7.77. The van der Waals surface area contributed by atoms with Crippen LogP contribution in [0.1, 0.15) is 31.2 Å². The molecule has 3 nitrogen and oxygen atoms in total. The minimum atomic E-state index is 1.05. The number of aryl methyl sites for hydroxylation is 1. The van der Waals surface area contributed by atoms with Crippen LogP contribution in [0.2, 0.25) is 0 Å². The van der Waals surface area contributed by atoms with Crippen LogP contribution in [-0.2, 0) is 6.42 Å². The lowest BCUT2D eigenvalue weighted by atomic mass is 10.1. The molecule has 0 unspecified atom stereocenters. The van der Waals surface area contributed by atoms with Crippen molar-refractivity contribution in [2.75, 3.05) is 45.7 Å². The summed E-state index contributed by atoms with van der Waals surface area (Å²) < 4.78 is 5.59. The summed E-state index contributed by atoms with van der Waals surface area (Å²) in [5.74, 6) is 1.05. The lowest BCUT2D eigenvalue weighted by Gasteiger charge is -2.29. The third-order valence-corrected chi connectivity index (χ3v) is 4.04. The van der Waals surface area contributed by atoms with Crippen LogP contribution in [0.3, 0.4) is 0 Å². The standard InChI is InChI=1S/C17H28N2O/c1-18(2)11-7-8-15-9-10-16(14-17(15)20-3)19-12-5-4-6-13-19/h9-10,14H,4-8,11-13H2,1-3H3. The topological polar surface area (TPSA) is 15.7 Å². The van der Waals surface area contributed by atoms with Crippen LogP contribution >= 0.6 is 0 Å². The fourth-order valence-electron chi connectivity index (χ4n) is 2.87. The van der Waals surface area contributed by atoms with Crippen molar-refractivity contribution in [3.05, 3.63) is 23.8 Å². The Kier molecular flexibility index (Phi) is 5.72. The summed E-state index contributed by atoms with van der Waals surface area (Å²) in [4.78, 5) is 4.71. The van der Waals surface area contributed by atoms with Gasteiger partial charge in [-0.05, 0) is 64.4 Å². The van der Waals surface area contributed by atoms with Crippen molar-refractivity contribution in [2.24, 2.45) is 0 Å². The highest BCUT2D eigenvalue weighted by Crippen LogP contribution is 2.28. The summed E-state index contributed by atoms with van der Waals surface area (Å²) >= 11 is 0. The van der Waals surface area contributed by atoms with E-state index >= 15 is 0 Å². The van der Waals surface area contributed by atoms with E-state index in [0.29, 0.717) is 0 Å². The van der Waals surface area contributed by atoms with Crippen molar-refractivity contribution >= 4 is 5.69 Å². The van der Waals surface area contributed by atoms with Gasteiger partial charge in [0.2, 0.25) is 0 Å². The normalized spacial score (nSPS) is 15.7. The molecular formula is C17H28N2O. The van der Waals surface area contributed by atoms with Gasteiger partial charge in [-0.25, -0.2) is 0 Å². The van der Waals surface area contributed by atoms with E-state index in [1.165, 1.54) is 50.0 Å². The van der Waals surface area contributed by atoms with Crippen molar-refractivity contribution in [1.29, 1.82) is 0 Å². The Morgan fingerprint density at radius 3 is 2.55 bits per heavy atom. The van der Waals surface area contributed by atoms with Crippen molar-refractivity contribution in [2.45, 2.75) is 32.1 Å². The van der Waals surface area contributed by atoms with Crippen LogP contribution in [-0.4, -0.2) is 45.7 Å². The molecule has 1 aromatic carbocycles. The van der Waals surface area contributed by atoms with Crippen LogP contribution < -0.4 is 9.64 Å². The summed E-state index contributed by atoms with van der Waals surface area (Å²) in [6, 6.07) is 6.73. The molecule has 0 aromatic heterocycles. The first-order chi connectivity index (χ1) is 9.70. The minimum Gasteiger partial charge on any atom is -0.496 e. The Hall–Kier alpha value is -1.22. The maximum absolute atomic E-state index is 5.59. The highest BCUT2D eigenvalue weighted by molar-refractivity contribution is 5.54. The van der Waals surface area contributed by atoms with E-state index in [4.69, 9.17) is 4.74 Å². The maximum atomic E-state index is 5.59. The number of anilines is 1. The predicted molar refractivity (Wildman–Crippen MR) is 85.9 cm³/mol. The van der Waals surface area contributed by atoms with Gasteiger partial charge in [-0.1, -0.05) is 6.07 Å². The molecule has 1 aliphatic rings. The summed E-state index contributed by atoms with van der Waals surface area (Å²) in [7, 11) is 6.03. The van der Waals surface area contributed by atoms with Crippen LogP contribution in [0.15, 0.2) is 18.2 Å². The fourth-order valence-corrected chi connectivity index (χ4v) is 2.87. The van der Waals surface area contributed by atoms with E-state index in [1.807, 2.05) is 0 Å². The maximum Gasteiger partial charge on any atom is 0.124 e. The van der Waals surface area contributed by atoms with Crippen LogP contribution in [0, 0.1) is 0 Å². The molecule has 2 rings (SSSR count). The molecule has 0 spiro atoms. The molecule has 1 aromatic rings. The molecule has 0 bridgehead atoms. The SMILES string of the molecule is COc1cc(N2CCCCC2)ccc1CCCN(C)C. The molecule has 0 amide bonds. The molecule has 0 N–H and O–H groups in total. The van der Waals surface area contributed by atoms with Crippen LogP contribution in [0.4, 0.5) is 5.69 Å². The van der Waals surface area contributed by atoms with Crippen molar-refractivity contribution in [3.8, 4) is 5.75 Å². The number of piperidine rings is 1. The van der Waals surface area contributed by atoms with Gasteiger partial charge < -0.3 is 14.5 Å². The Morgan fingerprint density at radius 1 is 1.15 bits per heavy atom. The van der Waals surface area contributed by atoms with Crippen molar-refractivity contribution in [3.63, 3.8) is 0 Å². The van der Waals surface area contributed by atoms with E-state index in [1.54, 1.807) is 7.11 Å².